The first kappa shape index (κ1) is 47.2. The third-order valence-electron chi connectivity index (χ3n) is 9.09. The number of ether oxygens (including phenoxy) is 2. The van der Waals surface area contributed by atoms with E-state index in [2.05, 4.69) is 24.5 Å². The minimum atomic E-state index is -1.40. The van der Waals surface area contributed by atoms with Crippen LogP contribution in [-0.4, -0.2) is 71.3 Å². The third-order valence-corrected chi connectivity index (χ3v) is 9.09. The van der Waals surface area contributed by atoms with E-state index < -0.39 is 43.1 Å². The number of hydrogen-bond acceptors (Lipinski definition) is 7. The monoisotopic (exact) mass is 748 g/mol. The van der Waals surface area contributed by atoms with Gasteiger partial charge >= 0.3 is 24.1 Å². The van der Waals surface area contributed by atoms with E-state index in [0.717, 1.165) is 51.4 Å². The first-order valence-corrected chi connectivity index (χ1v) is 20.5. The Morgan fingerprint density at radius 1 is 0.491 bits per heavy atom. The zero-order chi connectivity index (χ0) is 38.9. The van der Waals surface area contributed by atoms with Gasteiger partial charge in [-0.3, -0.25) is 14.4 Å². The van der Waals surface area contributed by atoms with Crippen molar-refractivity contribution in [2.24, 2.45) is 0 Å². The standard InChI is InChI=1S/C41H69N3O9/c1-3-5-7-9-11-13-15-17-19-21-23-25-27-42-40(50)52-35-29-34(39(49)44(32-37(45)46)33-38(47)48)30-36(31-35)53-41(51)43-28-26-24-22-20-18-16-14-12-10-8-6-4-2/h29-31H,3-28,32-33H2,1-2H3,(H,42,50)(H,43,51)(H,45,46)(H,47,48). The molecule has 0 bridgehead atoms. The Hall–Kier alpha value is -3.83. The Morgan fingerprint density at radius 2 is 0.792 bits per heavy atom. The predicted molar refractivity (Wildman–Crippen MR) is 208 cm³/mol. The van der Waals surface area contributed by atoms with Gasteiger partial charge in [0.25, 0.3) is 5.91 Å². The number of nitrogens with one attached hydrogen (secondary N) is 2. The molecule has 0 saturated carbocycles. The van der Waals surface area contributed by atoms with E-state index in [1.54, 1.807) is 0 Å². The van der Waals surface area contributed by atoms with Crippen LogP contribution in [0.4, 0.5) is 9.59 Å². The number of carboxylic acids is 2. The van der Waals surface area contributed by atoms with Crippen LogP contribution in [-0.2, 0) is 9.59 Å². The van der Waals surface area contributed by atoms with Crippen LogP contribution in [0.5, 0.6) is 11.5 Å². The highest BCUT2D eigenvalue weighted by atomic mass is 16.6. The Bertz CT molecular complexity index is 1100. The molecule has 3 amide bonds. The highest BCUT2D eigenvalue weighted by Crippen LogP contribution is 2.25. The van der Waals surface area contributed by atoms with Crippen molar-refractivity contribution in [1.82, 2.24) is 15.5 Å². The molecule has 0 aliphatic rings. The molecule has 0 saturated heterocycles. The van der Waals surface area contributed by atoms with Crippen LogP contribution in [0.1, 0.15) is 178 Å². The van der Waals surface area contributed by atoms with Gasteiger partial charge in [0.1, 0.15) is 24.6 Å². The van der Waals surface area contributed by atoms with Gasteiger partial charge in [-0.2, -0.15) is 0 Å². The van der Waals surface area contributed by atoms with Crippen LogP contribution in [0.3, 0.4) is 0 Å². The van der Waals surface area contributed by atoms with E-state index in [9.17, 15) is 34.2 Å². The SMILES string of the molecule is CCCCCCCCCCCCCCNC(=O)Oc1cc(OC(=O)NCCCCCCCCCCCCCC)cc(C(=O)N(CC(=O)O)CC(=O)O)c1. The summed E-state index contributed by atoms with van der Waals surface area (Å²) in [5.74, 6) is -4.01. The van der Waals surface area contributed by atoms with Crippen LogP contribution in [0, 0.1) is 0 Å². The quantitative estimate of drug-likeness (QED) is 0.0511. The predicted octanol–water partition coefficient (Wildman–Crippen LogP) is 9.88. The normalized spacial score (nSPS) is 10.8. The number of unbranched alkanes of at least 4 members (excludes halogenated alkanes) is 22. The van der Waals surface area contributed by atoms with Crippen molar-refractivity contribution in [1.29, 1.82) is 0 Å². The summed E-state index contributed by atoms with van der Waals surface area (Å²) < 4.78 is 10.8. The minimum absolute atomic E-state index is 0.127. The molecule has 1 rings (SSSR count). The van der Waals surface area contributed by atoms with Gasteiger partial charge in [0, 0.05) is 24.7 Å². The number of hydrogen-bond donors (Lipinski definition) is 4. The van der Waals surface area contributed by atoms with Crippen LogP contribution in [0.2, 0.25) is 0 Å². The largest absolute Gasteiger partial charge is 0.480 e. The number of carbonyl (C=O) groups excluding carboxylic acids is 3. The lowest BCUT2D eigenvalue weighted by Crippen LogP contribution is -2.39. The van der Waals surface area contributed by atoms with Gasteiger partial charge in [-0.05, 0) is 25.0 Å². The first-order chi connectivity index (χ1) is 25.7. The third kappa shape index (κ3) is 26.6. The number of nitrogens with zero attached hydrogens (tertiary/aromatic N) is 1. The van der Waals surface area contributed by atoms with E-state index >= 15 is 0 Å². The highest BCUT2D eigenvalue weighted by Gasteiger charge is 2.23. The van der Waals surface area contributed by atoms with Crippen molar-refractivity contribution in [2.75, 3.05) is 26.2 Å². The van der Waals surface area contributed by atoms with E-state index in [0.29, 0.717) is 18.0 Å². The second kappa shape index (κ2) is 31.7. The number of benzene rings is 1. The molecular formula is C41H69N3O9. The lowest BCUT2D eigenvalue weighted by Gasteiger charge is -2.19. The maximum absolute atomic E-state index is 13.2. The van der Waals surface area contributed by atoms with Crippen LogP contribution < -0.4 is 20.1 Å². The summed E-state index contributed by atoms with van der Waals surface area (Å²) in [4.78, 5) is 61.7. The van der Waals surface area contributed by atoms with Gasteiger partial charge in [0.05, 0.1) is 0 Å². The molecule has 302 valence electrons. The van der Waals surface area contributed by atoms with Crippen molar-refractivity contribution in [3.63, 3.8) is 0 Å². The van der Waals surface area contributed by atoms with Crippen molar-refractivity contribution in [3.05, 3.63) is 23.8 Å². The average molecular weight is 748 g/mol. The lowest BCUT2D eigenvalue weighted by atomic mass is 10.1. The molecule has 0 spiro atoms. The summed E-state index contributed by atoms with van der Waals surface area (Å²) in [5, 5.41) is 23.8. The van der Waals surface area contributed by atoms with Crippen molar-refractivity contribution in [2.45, 2.75) is 168 Å². The highest BCUT2D eigenvalue weighted by molar-refractivity contribution is 5.98. The fourth-order valence-electron chi connectivity index (χ4n) is 6.12. The molecule has 0 unspecified atom stereocenters. The van der Waals surface area contributed by atoms with Crippen LogP contribution in [0.15, 0.2) is 18.2 Å². The average Bonchev–Trinajstić information content (AvgIpc) is 3.11. The first-order valence-electron chi connectivity index (χ1n) is 20.5. The maximum atomic E-state index is 13.2. The van der Waals surface area contributed by atoms with Gasteiger partial charge in [-0.1, -0.05) is 155 Å². The Balaban J connectivity index is 2.61. The molecule has 53 heavy (non-hydrogen) atoms. The lowest BCUT2D eigenvalue weighted by molar-refractivity contribution is -0.140. The van der Waals surface area contributed by atoms with E-state index in [-0.39, 0.29) is 17.1 Å². The number of carboxylic acid groups (broad SMARTS) is 2. The molecule has 1 aromatic rings. The fourth-order valence-corrected chi connectivity index (χ4v) is 6.12. The maximum Gasteiger partial charge on any atom is 0.412 e. The molecule has 0 aliphatic heterocycles. The molecule has 1 aromatic carbocycles. The van der Waals surface area contributed by atoms with E-state index in [4.69, 9.17) is 9.47 Å². The van der Waals surface area contributed by atoms with E-state index in [1.807, 2.05) is 0 Å². The van der Waals surface area contributed by atoms with Crippen molar-refractivity contribution < 1.29 is 43.7 Å². The molecule has 0 atom stereocenters. The van der Waals surface area contributed by atoms with Gasteiger partial charge in [-0.25, -0.2) is 9.59 Å². The smallest absolute Gasteiger partial charge is 0.412 e. The molecule has 12 nitrogen and oxygen atoms in total. The number of aliphatic carboxylic acids is 2. The minimum Gasteiger partial charge on any atom is -0.480 e. The van der Waals surface area contributed by atoms with Gasteiger partial charge < -0.3 is 35.2 Å². The second-order valence-corrected chi connectivity index (χ2v) is 14.1. The van der Waals surface area contributed by atoms with Crippen molar-refractivity contribution >= 4 is 30.0 Å². The van der Waals surface area contributed by atoms with E-state index in [1.165, 1.54) is 121 Å². The fraction of sp³-hybridized carbons (Fsp3) is 0.732. The number of amides is 3. The second-order valence-electron chi connectivity index (χ2n) is 14.1. The summed E-state index contributed by atoms with van der Waals surface area (Å²) in [6.45, 7) is 3.50. The molecule has 0 aromatic heterocycles. The number of rotatable bonds is 33. The van der Waals surface area contributed by atoms with Crippen LogP contribution in [0.25, 0.3) is 0 Å². The molecular weight excluding hydrogens is 678 g/mol. The molecule has 12 heteroatoms. The molecule has 4 N–H and O–H groups in total. The van der Waals surface area contributed by atoms with Gasteiger partial charge in [-0.15, -0.1) is 0 Å². The summed E-state index contributed by atoms with van der Waals surface area (Å²) in [7, 11) is 0. The Morgan fingerprint density at radius 3 is 1.09 bits per heavy atom. The summed E-state index contributed by atoms with van der Waals surface area (Å²) >= 11 is 0. The Kier molecular flexibility index (Phi) is 28.2. The van der Waals surface area contributed by atoms with Crippen LogP contribution >= 0.6 is 0 Å². The van der Waals surface area contributed by atoms with Crippen molar-refractivity contribution in [3.8, 4) is 11.5 Å². The Labute approximate surface area is 318 Å². The molecule has 0 heterocycles. The zero-order valence-electron chi connectivity index (χ0n) is 32.7. The zero-order valence-corrected chi connectivity index (χ0v) is 32.7. The summed E-state index contributed by atoms with van der Waals surface area (Å²) in [6, 6.07) is 3.63. The molecule has 0 fully saturated rings. The summed E-state index contributed by atoms with van der Waals surface area (Å²) in [6.07, 6.45) is 27.1. The molecule has 0 aliphatic carbocycles. The molecule has 0 radical (unpaired) electrons. The summed E-state index contributed by atoms with van der Waals surface area (Å²) in [5.41, 5.74) is -0.206. The van der Waals surface area contributed by atoms with Gasteiger partial charge in [0.15, 0.2) is 0 Å². The number of carbonyl (C=O) groups is 5. The topological polar surface area (TPSA) is 172 Å². The van der Waals surface area contributed by atoms with Gasteiger partial charge in [0.2, 0.25) is 0 Å².